The molecule has 1 aromatic heterocycles. The number of aryl methyl sites for hydroxylation is 2. The summed E-state index contributed by atoms with van der Waals surface area (Å²) in [6.07, 6.45) is 5.14. The summed E-state index contributed by atoms with van der Waals surface area (Å²) in [5, 5.41) is 8.42. The molecule has 5 aromatic carbocycles. The zero-order chi connectivity index (χ0) is 31.6. The first-order chi connectivity index (χ1) is 22.5. The number of likely N-dealkylation sites (tertiary alicyclic amines) is 1. The van der Waals surface area contributed by atoms with Gasteiger partial charge in [0.05, 0.1) is 23.5 Å². The van der Waals surface area contributed by atoms with Crippen LogP contribution in [0.5, 0.6) is 0 Å². The largest absolute Gasteiger partial charge is 0.377 e. The van der Waals surface area contributed by atoms with Crippen molar-refractivity contribution in [1.29, 1.82) is 0 Å². The zero-order valence-electron chi connectivity index (χ0n) is 26.9. The van der Waals surface area contributed by atoms with E-state index < -0.39 is 0 Å². The highest BCUT2D eigenvalue weighted by molar-refractivity contribution is 6.12. The summed E-state index contributed by atoms with van der Waals surface area (Å²) in [5.41, 5.74) is 12.1. The van der Waals surface area contributed by atoms with E-state index in [-0.39, 0.29) is 18.4 Å². The van der Waals surface area contributed by atoms with Gasteiger partial charge in [-0.15, -0.1) is 0 Å². The fraction of sp³-hybridized carbons (Fsp3) is 0.300. The van der Waals surface area contributed by atoms with Crippen LogP contribution < -0.4 is 11.1 Å². The fourth-order valence-electron chi connectivity index (χ4n) is 7.33. The number of primary amides is 1. The minimum Gasteiger partial charge on any atom is -0.377 e. The Bertz CT molecular complexity index is 1970. The molecule has 6 heteroatoms. The average molecular weight is 610 g/mol. The third-order valence-electron chi connectivity index (χ3n) is 9.82. The van der Waals surface area contributed by atoms with Crippen molar-refractivity contribution in [3.05, 3.63) is 108 Å². The SMILES string of the molecule is Cc1ccccc1NC(CC(N)=O)c1ccc2c(c1)nc(-c1c3ccccc3cc3ccccc13)n2CCCN1CCCCC1C. The first kappa shape index (κ1) is 30.0. The number of amides is 1. The van der Waals surface area contributed by atoms with Crippen molar-refractivity contribution >= 4 is 44.2 Å². The Labute approximate surface area is 271 Å². The molecule has 1 amide bonds. The molecule has 6 nitrogen and oxygen atoms in total. The zero-order valence-corrected chi connectivity index (χ0v) is 26.9. The van der Waals surface area contributed by atoms with Crippen LogP contribution in [0.2, 0.25) is 0 Å². The van der Waals surface area contributed by atoms with Crippen LogP contribution in [-0.2, 0) is 11.3 Å². The summed E-state index contributed by atoms with van der Waals surface area (Å²) in [6.45, 7) is 7.58. The Morgan fingerprint density at radius 1 is 0.913 bits per heavy atom. The maximum atomic E-state index is 12.2. The monoisotopic (exact) mass is 609 g/mol. The fourth-order valence-corrected chi connectivity index (χ4v) is 7.33. The molecular weight excluding hydrogens is 566 g/mol. The second-order valence-corrected chi connectivity index (χ2v) is 12.9. The first-order valence-electron chi connectivity index (χ1n) is 16.7. The standard InChI is InChI=1S/C40H43N5O/c1-27-12-3-8-18-34(27)42-35(26-38(41)46)31-19-20-37-36(25-31)43-40(45(37)23-11-22-44-21-10-9-13-28(44)2)39-32-16-6-4-14-29(32)24-30-15-5-7-17-33(30)39/h3-8,12,14-20,24-25,28,35,42H,9-11,13,21-23,26H2,1-2H3,(H2,41,46). The number of hydrogen-bond donors (Lipinski definition) is 2. The molecule has 1 fully saturated rings. The molecule has 0 spiro atoms. The van der Waals surface area contributed by atoms with Crippen LogP contribution in [0.1, 0.15) is 56.2 Å². The molecule has 0 saturated carbocycles. The normalized spacial score (nSPS) is 16.3. The number of rotatable bonds is 10. The van der Waals surface area contributed by atoms with Crippen molar-refractivity contribution < 1.29 is 4.79 Å². The Hall–Kier alpha value is -4.68. The van der Waals surface area contributed by atoms with E-state index in [1.807, 2.05) is 18.2 Å². The van der Waals surface area contributed by atoms with Crippen LogP contribution in [-0.4, -0.2) is 39.5 Å². The predicted molar refractivity (Wildman–Crippen MR) is 191 cm³/mol. The minimum absolute atomic E-state index is 0.190. The van der Waals surface area contributed by atoms with Gasteiger partial charge in [0.15, 0.2) is 0 Å². The highest BCUT2D eigenvalue weighted by Crippen LogP contribution is 2.38. The molecule has 1 aliphatic heterocycles. The van der Waals surface area contributed by atoms with E-state index in [0.29, 0.717) is 6.04 Å². The molecule has 3 N–H and O–H groups in total. The molecule has 46 heavy (non-hydrogen) atoms. The van der Waals surface area contributed by atoms with Crippen molar-refractivity contribution in [3.8, 4) is 11.4 Å². The summed E-state index contributed by atoms with van der Waals surface area (Å²) in [5.74, 6) is 0.650. The Morgan fingerprint density at radius 2 is 1.63 bits per heavy atom. The molecule has 1 aliphatic rings. The number of nitrogens with zero attached hydrogens (tertiary/aromatic N) is 3. The number of fused-ring (bicyclic) bond motifs is 3. The highest BCUT2D eigenvalue weighted by Gasteiger charge is 2.22. The van der Waals surface area contributed by atoms with Gasteiger partial charge in [-0.25, -0.2) is 4.98 Å². The number of aromatic nitrogens is 2. The van der Waals surface area contributed by atoms with Gasteiger partial charge in [-0.05, 0) is 96.6 Å². The van der Waals surface area contributed by atoms with E-state index >= 15 is 0 Å². The number of nitrogens with one attached hydrogen (secondary N) is 1. The lowest BCUT2D eigenvalue weighted by Gasteiger charge is -2.33. The van der Waals surface area contributed by atoms with Crippen LogP contribution in [0.3, 0.4) is 0 Å². The molecular formula is C40H43N5O. The van der Waals surface area contributed by atoms with E-state index in [0.717, 1.165) is 53.2 Å². The van der Waals surface area contributed by atoms with Crippen LogP contribution in [0.15, 0.2) is 97.1 Å². The lowest BCUT2D eigenvalue weighted by molar-refractivity contribution is -0.118. The maximum Gasteiger partial charge on any atom is 0.219 e. The summed E-state index contributed by atoms with van der Waals surface area (Å²) >= 11 is 0. The molecule has 2 heterocycles. The van der Waals surface area contributed by atoms with Gasteiger partial charge in [-0.3, -0.25) is 4.79 Å². The molecule has 2 unspecified atom stereocenters. The van der Waals surface area contributed by atoms with Crippen LogP contribution in [0.25, 0.3) is 44.0 Å². The number of para-hydroxylation sites is 1. The Morgan fingerprint density at radius 3 is 2.35 bits per heavy atom. The van der Waals surface area contributed by atoms with Crippen molar-refractivity contribution in [1.82, 2.24) is 14.5 Å². The topological polar surface area (TPSA) is 76.2 Å². The number of imidazole rings is 1. The number of nitrogens with two attached hydrogens (primary N) is 1. The number of hydrogen-bond acceptors (Lipinski definition) is 4. The summed E-state index contributed by atoms with van der Waals surface area (Å²) in [7, 11) is 0. The Kier molecular flexibility index (Phi) is 8.46. The molecule has 7 rings (SSSR count). The van der Waals surface area contributed by atoms with Gasteiger partial charge in [0.25, 0.3) is 0 Å². The van der Waals surface area contributed by atoms with Gasteiger partial charge >= 0.3 is 0 Å². The average Bonchev–Trinajstić information content (AvgIpc) is 3.42. The summed E-state index contributed by atoms with van der Waals surface area (Å²) < 4.78 is 2.43. The number of benzene rings is 5. The van der Waals surface area contributed by atoms with E-state index in [2.05, 4.69) is 107 Å². The van der Waals surface area contributed by atoms with Gasteiger partial charge in [0.1, 0.15) is 5.82 Å². The number of carbonyl (C=O) groups excluding carboxylic acids is 1. The van der Waals surface area contributed by atoms with Crippen LogP contribution in [0, 0.1) is 6.92 Å². The third kappa shape index (κ3) is 5.97. The second-order valence-electron chi connectivity index (χ2n) is 12.9. The van der Waals surface area contributed by atoms with Crippen molar-refractivity contribution in [2.24, 2.45) is 5.73 Å². The van der Waals surface area contributed by atoms with E-state index in [1.54, 1.807) is 0 Å². The molecule has 234 valence electrons. The molecule has 1 saturated heterocycles. The lowest BCUT2D eigenvalue weighted by Crippen LogP contribution is -2.38. The number of anilines is 1. The lowest BCUT2D eigenvalue weighted by atomic mass is 9.96. The van der Waals surface area contributed by atoms with E-state index in [9.17, 15) is 4.79 Å². The predicted octanol–water partition coefficient (Wildman–Crippen LogP) is 8.61. The van der Waals surface area contributed by atoms with E-state index in [4.69, 9.17) is 10.7 Å². The second kappa shape index (κ2) is 13.0. The summed E-state index contributed by atoms with van der Waals surface area (Å²) in [4.78, 5) is 20.3. The molecule has 0 radical (unpaired) electrons. The maximum absolute atomic E-state index is 12.2. The third-order valence-corrected chi connectivity index (χ3v) is 9.82. The smallest absolute Gasteiger partial charge is 0.219 e. The molecule has 6 aromatic rings. The van der Waals surface area contributed by atoms with Gasteiger partial charge in [0.2, 0.25) is 5.91 Å². The van der Waals surface area contributed by atoms with Gasteiger partial charge in [-0.2, -0.15) is 0 Å². The van der Waals surface area contributed by atoms with Crippen LogP contribution >= 0.6 is 0 Å². The van der Waals surface area contributed by atoms with Crippen LogP contribution in [0.4, 0.5) is 5.69 Å². The summed E-state index contributed by atoms with van der Waals surface area (Å²) in [6, 6.07) is 34.5. The molecule has 0 bridgehead atoms. The van der Waals surface area contributed by atoms with E-state index in [1.165, 1.54) is 52.9 Å². The van der Waals surface area contributed by atoms with Crippen molar-refractivity contribution in [3.63, 3.8) is 0 Å². The quantitative estimate of drug-likeness (QED) is 0.153. The first-order valence-corrected chi connectivity index (χ1v) is 16.7. The van der Waals surface area contributed by atoms with Crippen molar-refractivity contribution in [2.45, 2.75) is 64.6 Å². The Balaban J connectivity index is 1.35. The molecule has 2 atom stereocenters. The molecule has 0 aliphatic carbocycles. The van der Waals surface area contributed by atoms with Crippen molar-refractivity contribution in [2.75, 3.05) is 18.4 Å². The highest BCUT2D eigenvalue weighted by atomic mass is 16.1. The van der Waals surface area contributed by atoms with Gasteiger partial charge in [0, 0.05) is 30.4 Å². The number of carbonyl (C=O) groups is 1. The minimum atomic E-state index is -0.341. The van der Waals surface area contributed by atoms with Gasteiger partial charge in [-0.1, -0.05) is 79.2 Å². The van der Waals surface area contributed by atoms with Gasteiger partial charge < -0.3 is 20.5 Å². The number of piperidine rings is 1.